The van der Waals surface area contributed by atoms with Gasteiger partial charge in [0.2, 0.25) is 4.96 Å². The minimum atomic E-state index is -0.160. The number of aromatic nitrogens is 3. The zero-order valence-electron chi connectivity index (χ0n) is 11.0. The topological polar surface area (TPSA) is 62.5 Å². The second-order valence-electron chi connectivity index (χ2n) is 3.98. The first-order chi connectivity index (χ1) is 8.56. The van der Waals surface area contributed by atoms with Gasteiger partial charge in [-0.1, -0.05) is 11.3 Å². The molecule has 98 valence electrons. The Hall–Kier alpha value is -1.63. The lowest BCUT2D eigenvalue weighted by molar-refractivity contribution is 0.217. The van der Waals surface area contributed by atoms with Gasteiger partial charge in [-0.25, -0.2) is 9.31 Å². The number of nitrogens with one attached hydrogen (secondary N) is 1. The van der Waals surface area contributed by atoms with Crippen LogP contribution in [0.1, 0.15) is 24.4 Å². The normalized spacial score (nSPS) is 10.9. The van der Waals surface area contributed by atoms with E-state index >= 15 is 0 Å². The minimum absolute atomic E-state index is 0.160. The molecule has 0 unspecified atom stereocenters. The van der Waals surface area contributed by atoms with E-state index in [1.807, 2.05) is 27.7 Å². The molecule has 0 saturated heterocycles. The first-order valence-electron chi connectivity index (χ1n) is 5.95. The number of hydrogen-bond donors (Lipinski definition) is 1. The van der Waals surface area contributed by atoms with Crippen LogP contribution in [0.15, 0.2) is 0 Å². The van der Waals surface area contributed by atoms with Crippen LogP contribution in [0.4, 0.5) is 10.7 Å². The zero-order valence-corrected chi connectivity index (χ0v) is 11.8. The number of thiazole rings is 1. The van der Waals surface area contributed by atoms with Gasteiger partial charge in [0.05, 0.1) is 5.69 Å². The van der Waals surface area contributed by atoms with Gasteiger partial charge in [0.15, 0.2) is 0 Å². The van der Waals surface area contributed by atoms with Crippen LogP contribution in [-0.4, -0.2) is 38.6 Å². The highest BCUT2D eigenvalue weighted by Gasteiger charge is 2.15. The molecular formula is C11H17N5OS. The smallest absolute Gasteiger partial charge is 0.324 e. The van der Waals surface area contributed by atoms with Crippen LogP contribution >= 0.6 is 11.3 Å². The van der Waals surface area contributed by atoms with Gasteiger partial charge in [-0.2, -0.15) is 4.98 Å². The Morgan fingerprint density at radius 3 is 2.61 bits per heavy atom. The summed E-state index contributed by atoms with van der Waals surface area (Å²) in [5.41, 5.74) is 1.06. The number of amides is 2. The lowest BCUT2D eigenvalue weighted by atomic mass is 10.4. The van der Waals surface area contributed by atoms with Crippen LogP contribution in [0, 0.1) is 13.8 Å². The van der Waals surface area contributed by atoms with E-state index in [0.29, 0.717) is 19.0 Å². The van der Waals surface area contributed by atoms with E-state index in [-0.39, 0.29) is 6.03 Å². The van der Waals surface area contributed by atoms with Crippen molar-refractivity contribution in [2.24, 2.45) is 0 Å². The summed E-state index contributed by atoms with van der Waals surface area (Å²) < 4.78 is 1.76. The quantitative estimate of drug-likeness (QED) is 0.928. The third kappa shape index (κ3) is 2.17. The zero-order chi connectivity index (χ0) is 13.3. The Balaban J connectivity index is 2.20. The second-order valence-corrected chi connectivity index (χ2v) is 5.16. The first kappa shape index (κ1) is 12.8. The summed E-state index contributed by atoms with van der Waals surface area (Å²) in [6.45, 7) is 9.24. The van der Waals surface area contributed by atoms with E-state index < -0.39 is 0 Å². The number of anilines is 1. The SMILES string of the molecule is CCN(CC)C(=O)Nc1nc2sc(C)c(C)n2n1. The van der Waals surface area contributed by atoms with Crippen molar-refractivity contribution in [3.63, 3.8) is 0 Å². The van der Waals surface area contributed by atoms with E-state index in [9.17, 15) is 4.79 Å². The predicted octanol–water partition coefficient (Wildman–Crippen LogP) is 2.28. The van der Waals surface area contributed by atoms with Crippen molar-refractivity contribution in [1.82, 2.24) is 19.5 Å². The number of fused-ring (bicyclic) bond motifs is 1. The van der Waals surface area contributed by atoms with Crippen molar-refractivity contribution in [2.75, 3.05) is 18.4 Å². The van der Waals surface area contributed by atoms with Crippen LogP contribution in [0.3, 0.4) is 0 Å². The number of nitrogens with zero attached hydrogens (tertiary/aromatic N) is 4. The maximum Gasteiger partial charge on any atom is 0.324 e. The standard InChI is InChI=1S/C11H17N5OS/c1-5-15(6-2)10(17)12-9-13-11-16(14-9)7(3)8(4)18-11/h5-6H2,1-4H3,(H,12,14,17). The fourth-order valence-electron chi connectivity index (χ4n) is 1.68. The Morgan fingerprint density at radius 1 is 1.39 bits per heavy atom. The average Bonchev–Trinajstić information content (AvgIpc) is 2.82. The lowest BCUT2D eigenvalue weighted by Gasteiger charge is -2.17. The number of aryl methyl sites for hydroxylation is 2. The highest BCUT2D eigenvalue weighted by molar-refractivity contribution is 7.17. The fraction of sp³-hybridized carbons (Fsp3) is 0.545. The van der Waals surface area contributed by atoms with Crippen LogP contribution in [0.5, 0.6) is 0 Å². The van der Waals surface area contributed by atoms with Gasteiger partial charge in [-0.15, -0.1) is 5.10 Å². The summed E-state index contributed by atoms with van der Waals surface area (Å²) in [6, 6.07) is -0.160. The van der Waals surface area contributed by atoms with Crippen molar-refractivity contribution >= 4 is 28.3 Å². The van der Waals surface area contributed by atoms with E-state index in [0.717, 1.165) is 10.7 Å². The summed E-state index contributed by atoms with van der Waals surface area (Å²) in [5.74, 6) is 0.362. The molecule has 7 heteroatoms. The molecule has 0 fully saturated rings. The summed E-state index contributed by atoms with van der Waals surface area (Å²) >= 11 is 1.57. The van der Waals surface area contributed by atoms with Crippen LogP contribution in [0.25, 0.3) is 4.96 Å². The van der Waals surface area contributed by atoms with Gasteiger partial charge < -0.3 is 4.90 Å². The molecule has 0 aromatic carbocycles. The first-order valence-corrected chi connectivity index (χ1v) is 6.77. The van der Waals surface area contributed by atoms with E-state index in [2.05, 4.69) is 15.4 Å². The molecule has 0 radical (unpaired) electrons. The van der Waals surface area contributed by atoms with Crippen LogP contribution in [-0.2, 0) is 0 Å². The predicted molar refractivity (Wildman–Crippen MR) is 72.3 cm³/mol. The van der Waals surface area contributed by atoms with E-state index in [1.54, 1.807) is 20.8 Å². The maximum absolute atomic E-state index is 11.9. The number of urea groups is 1. The van der Waals surface area contributed by atoms with Crippen molar-refractivity contribution in [3.8, 4) is 0 Å². The van der Waals surface area contributed by atoms with Gasteiger partial charge in [-0.3, -0.25) is 5.32 Å². The van der Waals surface area contributed by atoms with Crippen LogP contribution in [0.2, 0.25) is 0 Å². The summed E-state index contributed by atoms with van der Waals surface area (Å²) in [5, 5.41) is 7.00. The van der Waals surface area contributed by atoms with Gasteiger partial charge in [-0.05, 0) is 27.7 Å². The average molecular weight is 267 g/mol. The third-order valence-corrected chi connectivity index (χ3v) is 3.97. The number of carbonyl (C=O) groups excluding carboxylic acids is 1. The van der Waals surface area contributed by atoms with Gasteiger partial charge in [0.25, 0.3) is 5.95 Å². The Labute approximate surface area is 110 Å². The van der Waals surface area contributed by atoms with Crippen molar-refractivity contribution in [3.05, 3.63) is 10.6 Å². The third-order valence-electron chi connectivity index (χ3n) is 2.92. The molecule has 0 aliphatic rings. The summed E-state index contributed by atoms with van der Waals surface area (Å²) in [4.78, 5) is 19.8. The highest BCUT2D eigenvalue weighted by atomic mass is 32.1. The highest BCUT2D eigenvalue weighted by Crippen LogP contribution is 2.21. The fourth-order valence-corrected chi connectivity index (χ4v) is 2.59. The van der Waals surface area contributed by atoms with E-state index in [4.69, 9.17) is 0 Å². The molecule has 2 heterocycles. The van der Waals surface area contributed by atoms with E-state index in [1.165, 1.54) is 4.88 Å². The Morgan fingerprint density at radius 2 is 2.06 bits per heavy atom. The number of hydrogen-bond acceptors (Lipinski definition) is 4. The van der Waals surface area contributed by atoms with Gasteiger partial charge >= 0.3 is 6.03 Å². The molecule has 0 saturated carbocycles. The molecule has 6 nitrogen and oxygen atoms in total. The van der Waals surface area contributed by atoms with Crippen LogP contribution < -0.4 is 5.32 Å². The van der Waals surface area contributed by atoms with Crippen molar-refractivity contribution in [2.45, 2.75) is 27.7 Å². The molecule has 0 atom stereocenters. The number of carbonyl (C=O) groups is 1. The molecule has 0 aliphatic heterocycles. The second kappa shape index (κ2) is 4.93. The lowest BCUT2D eigenvalue weighted by Crippen LogP contribution is -2.34. The van der Waals surface area contributed by atoms with Crippen molar-refractivity contribution < 1.29 is 4.79 Å². The minimum Gasteiger partial charge on any atom is -0.325 e. The largest absolute Gasteiger partial charge is 0.325 e. The molecular weight excluding hydrogens is 250 g/mol. The Bertz CT molecular complexity index is 569. The molecule has 2 rings (SSSR count). The molecule has 0 aliphatic carbocycles. The molecule has 0 spiro atoms. The summed E-state index contributed by atoms with van der Waals surface area (Å²) in [6.07, 6.45) is 0. The van der Waals surface area contributed by atoms with Crippen molar-refractivity contribution in [1.29, 1.82) is 0 Å². The number of rotatable bonds is 3. The molecule has 18 heavy (non-hydrogen) atoms. The van der Waals surface area contributed by atoms with Gasteiger partial charge in [0.1, 0.15) is 0 Å². The molecule has 2 aromatic rings. The van der Waals surface area contributed by atoms with Gasteiger partial charge in [0, 0.05) is 18.0 Å². The summed E-state index contributed by atoms with van der Waals surface area (Å²) in [7, 11) is 0. The molecule has 2 amide bonds. The monoisotopic (exact) mass is 267 g/mol. The molecule has 1 N–H and O–H groups in total. The maximum atomic E-state index is 11.9. The Kier molecular flexibility index (Phi) is 3.51. The molecule has 0 bridgehead atoms. The molecule has 2 aromatic heterocycles.